The molecule has 0 saturated carbocycles. The summed E-state index contributed by atoms with van der Waals surface area (Å²) < 4.78 is 16.6. The number of Topliss-reactive ketones (excluding diaryl/α,β-unsaturated/α-hetero) is 1. The van der Waals surface area contributed by atoms with Crippen LogP contribution in [0.4, 0.5) is 0 Å². The van der Waals surface area contributed by atoms with Crippen LogP contribution in [0.25, 0.3) is 0 Å². The van der Waals surface area contributed by atoms with E-state index in [1.165, 1.54) is 0 Å². The smallest absolute Gasteiger partial charge is 0.320 e. The maximum absolute atomic E-state index is 12.9. The van der Waals surface area contributed by atoms with Crippen LogP contribution in [0, 0.1) is 5.41 Å². The van der Waals surface area contributed by atoms with Crippen molar-refractivity contribution in [1.29, 1.82) is 0 Å². The molecule has 1 saturated heterocycles. The highest BCUT2D eigenvalue weighted by Crippen LogP contribution is 2.29. The molecule has 2 atom stereocenters. The molecule has 7 heteroatoms. The molecule has 0 amide bonds. The summed E-state index contributed by atoms with van der Waals surface area (Å²) in [5.41, 5.74) is -0.419. The van der Waals surface area contributed by atoms with Crippen LogP contribution in [-0.4, -0.2) is 61.6 Å². The second-order valence-corrected chi connectivity index (χ2v) is 8.50. The van der Waals surface area contributed by atoms with E-state index in [1.54, 1.807) is 13.8 Å². The van der Waals surface area contributed by atoms with E-state index in [1.807, 2.05) is 35.2 Å². The quantitative estimate of drug-likeness (QED) is 0.291. The first-order valence-electron chi connectivity index (χ1n) is 11.6. The SMILES string of the molecule is CCCCOCC1CCCC(=O)C(C)(C(=O)OCC)CN1CC(=O)OCc1ccccc1. The van der Waals surface area contributed by atoms with Crippen molar-refractivity contribution < 1.29 is 28.6 Å². The van der Waals surface area contributed by atoms with Gasteiger partial charge in [0.05, 0.1) is 19.8 Å². The molecule has 1 aliphatic heterocycles. The topological polar surface area (TPSA) is 82.1 Å². The minimum atomic E-state index is -1.32. The predicted octanol–water partition coefficient (Wildman–Crippen LogP) is 3.54. The third-order valence-electron chi connectivity index (χ3n) is 5.85. The summed E-state index contributed by atoms with van der Waals surface area (Å²) in [6.45, 7) is 7.00. The molecule has 32 heavy (non-hydrogen) atoms. The summed E-state index contributed by atoms with van der Waals surface area (Å²) in [7, 11) is 0. The van der Waals surface area contributed by atoms with E-state index in [2.05, 4.69) is 6.92 Å². The summed E-state index contributed by atoms with van der Waals surface area (Å²) in [5, 5.41) is 0. The lowest BCUT2D eigenvalue weighted by atomic mass is 9.80. The molecule has 0 aromatic heterocycles. The fourth-order valence-corrected chi connectivity index (χ4v) is 3.84. The second-order valence-electron chi connectivity index (χ2n) is 8.50. The molecule has 2 unspecified atom stereocenters. The number of hydrogen-bond acceptors (Lipinski definition) is 7. The standard InChI is InChI=1S/C25H37NO6/c1-4-6-15-30-18-21-13-10-14-22(27)25(3,24(29)31-5-2)19-26(21)16-23(28)32-17-20-11-8-7-9-12-20/h7-9,11-12,21H,4-6,10,13-19H2,1-3H3. The van der Waals surface area contributed by atoms with Crippen molar-refractivity contribution in [1.82, 2.24) is 4.90 Å². The van der Waals surface area contributed by atoms with Gasteiger partial charge in [0.15, 0.2) is 5.78 Å². The summed E-state index contributed by atoms with van der Waals surface area (Å²) in [6.07, 6.45) is 3.65. The molecule has 0 spiro atoms. The number of likely N-dealkylation sites (tertiary alicyclic amines) is 1. The molecule has 1 aromatic rings. The summed E-state index contributed by atoms with van der Waals surface area (Å²) in [6, 6.07) is 9.39. The van der Waals surface area contributed by atoms with Crippen molar-refractivity contribution in [2.75, 3.05) is 32.9 Å². The Morgan fingerprint density at radius 1 is 1.16 bits per heavy atom. The van der Waals surface area contributed by atoms with E-state index in [9.17, 15) is 14.4 Å². The van der Waals surface area contributed by atoms with E-state index in [4.69, 9.17) is 14.2 Å². The number of unbranched alkanes of at least 4 members (excludes halogenated alkanes) is 1. The largest absolute Gasteiger partial charge is 0.465 e. The minimum absolute atomic E-state index is 0.0170. The molecule has 178 valence electrons. The van der Waals surface area contributed by atoms with Crippen molar-refractivity contribution in [3.63, 3.8) is 0 Å². The van der Waals surface area contributed by atoms with Gasteiger partial charge in [-0.25, -0.2) is 0 Å². The number of esters is 2. The van der Waals surface area contributed by atoms with Gasteiger partial charge in [0, 0.05) is 25.6 Å². The first-order chi connectivity index (χ1) is 15.4. The van der Waals surface area contributed by atoms with E-state index in [0.717, 1.165) is 18.4 Å². The van der Waals surface area contributed by atoms with Crippen LogP contribution in [0.5, 0.6) is 0 Å². The van der Waals surface area contributed by atoms with Gasteiger partial charge in [-0.3, -0.25) is 19.3 Å². The van der Waals surface area contributed by atoms with E-state index >= 15 is 0 Å². The van der Waals surface area contributed by atoms with Gasteiger partial charge in [-0.05, 0) is 38.7 Å². The van der Waals surface area contributed by atoms with Crippen LogP contribution in [0.3, 0.4) is 0 Å². The first-order valence-corrected chi connectivity index (χ1v) is 11.6. The minimum Gasteiger partial charge on any atom is -0.465 e. The van der Waals surface area contributed by atoms with E-state index < -0.39 is 17.4 Å². The van der Waals surface area contributed by atoms with Gasteiger partial charge in [0.25, 0.3) is 0 Å². The Labute approximate surface area is 191 Å². The number of rotatable bonds is 11. The lowest BCUT2D eigenvalue weighted by Crippen LogP contribution is -2.54. The number of hydrogen-bond donors (Lipinski definition) is 0. The highest BCUT2D eigenvalue weighted by atomic mass is 16.5. The Hall–Kier alpha value is -2.25. The fraction of sp³-hybridized carbons (Fsp3) is 0.640. The maximum atomic E-state index is 12.9. The molecule has 7 nitrogen and oxygen atoms in total. The van der Waals surface area contributed by atoms with Crippen LogP contribution in [0.15, 0.2) is 30.3 Å². The molecular weight excluding hydrogens is 410 g/mol. The highest BCUT2D eigenvalue weighted by Gasteiger charge is 2.46. The molecule has 1 heterocycles. The fourth-order valence-electron chi connectivity index (χ4n) is 3.84. The number of ether oxygens (including phenoxy) is 3. The van der Waals surface area contributed by atoms with Crippen molar-refractivity contribution in [3.8, 4) is 0 Å². The van der Waals surface area contributed by atoms with Crippen LogP contribution < -0.4 is 0 Å². The Bertz CT molecular complexity index is 727. The summed E-state index contributed by atoms with van der Waals surface area (Å²) in [5.74, 6) is -1.09. The van der Waals surface area contributed by atoms with E-state index in [0.29, 0.717) is 32.5 Å². The summed E-state index contributed by atoms with van der Waals surface area (Å²) >= 11 is 0. The monoisotopic (exact) mass is 447 g/mol. The van der Waals surface area contributed by atoms with Gasteiger partial charge in [-0.15, -0.1) is 0 Å². The predicted molar refractivity (Wildman–Crippen MR) is 121 cm³/mol. The van der Waals surface area contributed by atoms with Crippen LogP contribution in [-0.2, 0) is 35.2 Å². The zero-order valence-electron chi connectivity index (χ0n) is 19.6. The maximum Gasteiger partial charge on any atom is 0.320 e. The van der Waals surface area contributed by atoms with Gasteiger partial charge < -0.3 is 14.2 Å². The third-order valence-corrected chi connectivity index (χ3v) is 5.85. The van der Waals surface area contributed by atoms with Gasteiger partial charge in [0.2, 0.25) is 0 Å². The van der Waals surface area contributed by atoms with Crippen molar-refractivity contribution in [2.24, 2.45) is 5.41 Å². The average molecular weight is 448 g/mol. The van der Waals surface area contributed by atoms with Crippen LogP contribution in [0.1, 0.15) is 58.4 Å². The molecule has 0 bridgehead atoms. The Morgan fingerprint density at radius 3 is 2.59 bits per heavy atom. The molecule has 0 N–H and O–H groups in total. The molecule has 1 fully saturated rings. The second kappa shape index (κ2) is 13.3. The van der Waals surface area contributed by atoms with Gasteiger partial charge >= 0.3 is 11.9 Å². The van der Waals surface area contributed by atoms with E-state index in [-0.39, 0.29) is 38.1 Å². The average Bonchev–Trinajstić information content (AvgIpc) is 2.78. The first kappa shape index (κ1) is 26.0. The normalized spacial score (nSPS) is 22.1. The Morgan fingerprint density at radius 2 is 1.91 bits per heavy atom. The molecular formula is C25H37NO6. The zero-order valence-corrected chi connectivity index (χ0v) is 19.6. The van der Waals surface area contributed by atoms with Crippen LogP contribution in [0.2, 0.25) is 0 Å². The number of nitrogens with zero attached hydrogens (tertiary/aromatic N) is 1. The van der Waals surface area contributed by atoms with Crippen molar-refractivity contribution >= 4 is 17.7 Å². The summed E-state index contributed by atoms with van der Waals surface area (Å²) in [4.78, 5) is 40.2. The molecule has 1 aliphatic rings. The number of ketones is 1. The van der Waals surface area contributed by atoms with Crippen molar-refractivity contribution in [3.05, 3.63) is 35.9 Å². The van der Waals surface area contributed by atoms with Gasteiger partial charge in [-0.2, -0.15) is 0 Å². The lowest BCUT2D eigenvalue weighted by molar-refractivity contribution is -0.164. The Balaban J connectivity index is 2.14. The third kappa shape index (κ3) is 7.71. The molecule has 0 aliphatic carbocycles. The Kier molecular flexibility index (Phi) is 10.8. The molecule has 0 radical (unpaired) electrons. The van der Waals surface area contributed by atoms with Gasteiger partial charge in [-0.1, -0.05) is 43.7 Å². The number of benzene rings is 1. The highest BCUT2D eigenvalue weighted by molar-refractivity contribution is 6.03. The molecule has 2 rings (SSSR count). The number of carbonyl (C=O) groups is 3. The van der Waals surface area contributed by atoms with Gasteiger partial charge in [0.1, 0.15) is 12.0 Å². The zero-order chi connectivity index (χ0) is 23.4. The number of carbonyl (C=O) groups excluding carboxylic acids is 3. The lowest BCUT2D eigenvalue weighted by Gasteiger charge is -2.39. The van der Waals surface area contributed by atoms with Crippen molar-refractivity contribution in [2.45, 2.75) is 65.5 Å². The van der Waals surface area contributed by atoms with Crippen LogP contribution >= 0.6 is 0 Å². The molecule has 1 aromatic carbocycles.